The minimum atomic E-state index is -0.344. The van der Waals surface area contributed by atoms with Crippen LogP contribution in [0.1, 0.15) is 69.7 Å². The Morgan fingerprint density at radius 2 is 1.53 bits per heavy atom. The van der Waals surface area contributed by atoms with Gasteiger partial charge in [0.15, 0.2) is 23.6 Å². The second-order valence-corrected chi connectivity index (χ2v) is 19.4. The van der Waals surface area contributed by atoms with Gasteiger partial charge in [0.2, 0.25) is 11.4 Å². The van der Waals surface area contributed by atoms with Crippen LogP contribution in [-0.2, 0) is 23.8 Å². The van der Waals surface area contributed by atoms with E-state index in [0.717, 1.165) is 42.5 Å². The van der Waals surface area contributed by atoms with Crippen LogP contribution in [0.15, 0.2) is 139 Å². The van der Waals surface area contributed by atoms with E-state index >= 15 is 0 Å². The Kier molecular flexibility index (Phi) is 6.89. The average molecular weight is 768 g/mol. The van der Waals surface area contributed by atoms with Crippen LogP contribution in [0.5, 0.6) is 0 Å². The maximum atomic E-state index is 6.76. The van der Waals surface area contributed by atoms with Gasteiger partial charge in [-0.2, -0.15) is 9.13 Å². The fourth-order valence-electron chi connectivity index (χ4n) is 11.6. The number of allylic oxidation sites excluding steroid dienone is 1. The number of para-hydroxylation sites is 1. The third kappa shape index (κ3) is 4.66. The number of nitrogens with zero attached hydrogens (tertiary/aromatic N) is 3. The van der Waals surface area contributed by atoms with Crippen molar-refractivity contribution in [3.8, 4) is 22.5 Å². The molecule has 0 spiro atoms. The molecule has 4 heteroatoms. The van der Waals surface area contributed by atoms with Crippen molar-refractivity contribution >= 4 is 65.7 Å². The molecule has 0 N–H and O–H groups in total. The van der Waals surface area contributed by atoms with E-state index in [2.05, 4.69) is 183 Å². The van der Waals surface area contributed by atoms with Gasteiger partial charge < -0.3 is 8.82 Å². The summed E-state index contributed by atoms with van der Waals surface area (Å²) in [6, 6.07) is 43.6. The van der Waals surface area contributed by atoms with Gasteiger partial charge in [-0.25, -0.2) is 0 Å². The highest BCUT2D eigenvalue weighted by molar-refractivity contribution is 6.34. The van der Waals surface area contributed by atoms with Crippen molar-refractivity contribution < 1.29 is 13.6 Å². The van der Waals surface area contributed by atoms with Crippen LogP contribution in [0.2, 0.25) is 0 Å². The van der Waals surface area contributed by atoms with Crippen molar-refractivity contribution in [2.45, 2.75) is 78.2 Å². The zero-order chi connectivity index (χ0) is 40.2. The van der Waals surface area contributed by atoms with Gasteiger partial charge in [0.25, 0.3) is 0 Å². The van der Waals surface area contributed by atoms with Gasteiger partial charge in [0, 0.05) is 69.1 Å². The number of fused-ring (bicyclic) bond motifs is 19. The zero-order valence-electron chi connectivity index (χ0n) is 34.9. The fraction of sp³-hybridized carbons (Fsp3) is 0.236. The Bertz CT molecular complexity index is 3450. The minimum Gasteiger partial charge on any atom is -0.456 e. The largest absolute Gasteiger partial charge is 0.456 e. The summed E-state index contributed by atoms with van der Waals surface area (Å²) in [7, 11) is 0. The van der Waals surface area contributed by atoms with Gasteiger partial charge in [-0.1, -0.05) is 69.3 Å². The van der Waals surface area contributed by atoms with E-state index in [-0.39, 0.29) is 16.4 Å². The van der Waals surface area contributed by atoms with Crippen molar-refractivity contribution in [2.75, 3.05) is 0 Å². The van der Waals surface area contributed by atoms with Gasteiger partial charge in [0.1, 0.15) is 11.2 Å². The molecule has 2 aliphatic rings. The molecule has 288 valence electrons. The number of aromatic nitrogens is 3. The predicted molar refractivity (Wildman–Crippen MR) is 243 cm³/mol. The maximum absolute atomic E-state index is 6.76. The van der Waals surface area contributed by atoms with E-state index in [1.165, 1.54) is 93.6 Å². The second kappa shape index (κ2) is 11.7. The molecule has 0 aliphatic carbocycles. The zero-order valence-corrected chi connectivity index (χ0v) is 34.9. The molecule has 0 fully saturated rings. The molecule has 0 amide bonds. The first-order valence-corrected chi connectivity index (χ1v) is 21.3. The van der Waals surface area contributed by atoms with Crippen LogP contribution in [-0.4, -0.2) is 4.40 Å². The lowest BCUT2D eigenvalue weighted by atomic mass is 9.59. The average Bonchev–Trinajstić information content (AvgIpc) is 3.86. The summed E-state index contributed by atoms with van der Waals surface area (Å²) in [5, 5.41) is 7.46. The number of rotatable bonds is 1. The standard InChI is InChI=1S/C55H49N3O/c1-33-19-20-39-48(26-33)59-49-29-41-40-28-42-43(30-47(40)58-45-18-11-10-16-38(45)51(50(39)49)52(41)58)54(6)23-21-36-14-8-9-15-37(36)44-17-12-13-24-56(44)34(2)31-55(54,7)57-25-22-35(27-46(42)57)32-53(3,4)5/h8-20,22,24-30H,2,21,23,31-32H2,1,3-7H3/q+2. The number of hydrogen-bond donors (Lipinski definition) is 0. The normalized spacial score (nSPS) is 19.4. The number of hydrogen-bond acceptors (Lipinski definition) is 1. The summed E-state index contributed by atoms with van der Waals surface area (Å²) in [6.45, 7) is 19.1. The molecule has 0 radical (unpaired) electrons. The summed E-state index contributed by atoms with van der Waals surface area (Å²) < 4.78 is 14.3. The molecule has 4 nitrogen and oxygen atoms in total. The van der Waals surface area contributed by atoms with Crippen LogP contribution >= 0.6 is 0 Å². The molecular formula is C55H49N3O+2. The third-order valence-electron chi connectivity index (χ3n) is 14.5. The Morgan fingerprint density at radius 1 is 0.712 bits per heavy atom. The van der Waals surface area contributed by atoms with Crippen LogP contribution in [0.4, 0.5) is 0 Å². The molecule has 5 aromatic heterocycles. The van der Waals surface area contributed by atoms with Crippen molar-refractivity contribution in [3.05, 3.63) is 156 Å². The number of furan rings is 1. The molecule has 59 heavy (non-hydrogen) atoms. The SMILES string of the molecule is C=C1CC2(C)[n+]3ccc(CC(C)(C)C)cc3-c3cc4c5cc6oc7cc(C)ccc7c6c6c7ccccc7n(c4cc3C2(C)CCc2ccccc2-c2cccc[n+]21)c56. The first-order chi connectivity index (χ1) is 28.4. The summed E-state index contributed by atoms with van der Waals surface area (Å²) in [4.78, 5) is 0. The Morgan fingerprint density at radius 3 is 2.39 bits per heavy atom. The molecular weight excluding hydrogens is 719 g/mol. The predicted octanol–water partition coefficient (Wildman–Crippen LogP) is 13.0. The summed E-state index contributed by atoms with van der Waals surface area (Å²) >= 11 is 0. The van der Waals surface area contributed by atoms with Gasteiger partial charge in [-0.05, 0) is 110 Å². The fourth-order valence-corrected chi connectivity index (χ4v) is 11.6. The third-order valence-corrected chi connectivity index (χ3v) is 14.5. The van der Waals surface area contributed by atoms with Crippen LogP contribution in [0.25, 0.3) is 88.2 Å². The quantitative estimate of drug-likeness (QED) is 0.153. The van der Waals surface area contributed by atoms with Crippen LogP contribution in [0, 0.1) is 12.3 Å². The molecule has 12 rings (SSSR count). The molecule has 0 bridgehead atoms. The lowest BCUT2D eigenvalue weighted by molar-refractivity contribution is -0.766. The van der Waals surface area contributed by atoms with Crippen molar-refractivity contribution in [3.63, 3.8) is 0 Å². The van der Waals surface area contributed by atoms with E-state index in [4.69, 9.17) is 11.0 Å². The topological polar surface area (TPSA) is 25.3 Å². The molecule has 7 heterocycles. The first-order valence-electron chi connectivity index (χ1n) is 21.3. The van der Waals surface area contributed by atoms with E-state index in [1.807, 2.05) is 0 Å². The van der Waals surface area contributed by atoms with Gasteiger partial charge >= 0.3 is 0 Å². The summed E-state index contributed by atoms with van der Waals surface area (Å²) in [6.07, 6.45) is 8.35. The van der Waals surface area contributed by atoms with Crippen LogP contribution < -0.4 is 9.13 Å². The lowest BCUT2D eigenvalue weighted by Gasteiger charge is -2.47. The number of benzene rings is 5. The summed E-state index contributed by atoms with van der Waals surface area (Å²) in [5.74, 6) is 0. The second-order valence-electron chi connectivity index (χ2n) is 19.4. The summed E-state index contributed by atoms with van der Waals surface area (Å²) in [5.41, 5.74) is 16.8. The lowest BCUT2D eigenvalue weighted by Crippen LogP contribution is -2.68. The number of aryl methyl sites for hydroxylation is 2. The van der Waals surface area contributed by atoms with E-state index < -0.39 is 0 Å². The van der Waals surface area contributed by atoms with E-state index in [9.17, 15) is 0 Å². The smallest absolute Gasteiger partial charge is 0.218 e. The molecule has 0 saturated heterocycles. The number of pyridine rings is 2. The highest BCUT2D eigenvalue weighted by Crippen LogP contribution is 2.54. The minimum absolute atomic E-state index is 0.155. The van der Waals surface area contributed by atoms with Crippen LogP contribution in [0.3, 0.4) is 0 Å². The Balaban J connectivity index is 1.21. The Hall–Kier alpha value is -6.26. The molecule has 0 saturated carbocycles. The Labute approximate surface area is 345 Å². The maximum Gasteiger partial charge on any atom is 0.218 e. The molecule has 10 aromatic rings. The van der Waals surface area contributed by atoms with Gasteiger partial charge in [-0.15, -0.1) is 0 Å². The highest BCUT2D eigenvalue weighted by atomic mass is 16.3. The molecule has 2 unspecified atom stereocenters. The first kappa shape index (κ1) is 34.8. The van der Waals surface area contributed by atoms with Crippen molar-refractivity contribution in [1.82, 2.24) is 4.40 Å². The molecule has 2 atom stereocenters. The van der Waals surface area contributed by atoms with Gasteiger partial charge in [-0.3, -0.25) is 0 Å². The van der Waals surface area contributed by atoms with Crippen molar-refractivity contribution in [1.29, 1.82) is 0 Å². The van der Waals surface area contributed by atoms with Gasteiger partial charge in [0.05, 0.1) is 33.9 Å². The monoisotopic (exact) mass is 767 g/mol. The molecule has 5 aromatic carbocycles. The highest BCUT2D eigenvalue weighted by Gasteiger charge is 2.59. The van der Waals surface area contributed by atoms with E-state index in [0.29, 0.717) is 0 Å². The van der Waals surface area contributed by atoms with Crippen molar-refractivity contribution in [2.24, 2.45) is 5.41 Å². The van der Waals surface area contributed by atoms with E-state index in [1.54, 1.807) is 0 Å². The molecule has 2 aliphatic heterocycles.